The maximum atomic E-state index is 12.6. The first-order chi connectivity index (χ1) is 7.97. The highest BCUT2D eigenvalue weighted by Crippen LogP contribution is 2.34. The average molecular weight is 248 g/mol. The fraction of sp³-hybridized carbons (Fsp3) is 0.800. The van der Waals surface area contributed by atoms with Crippen LogP contribution in [0.15, 0.2) is 6.33 Å². The fourth-order valence-electron chi connectivity index (χ4n) is 2.18. The van der Waals surface area contributed by atoms with Crippen LogP contribution in [0.3, 0.4) is 0 Å². The summed E-state index contributed by atoms with van der Waals surface area (Å²) in [5.41, 5.74) is 0. The van der Waals surface area contributed by atoms with Gasteiger partial charge in [0.15, 0.2) is 0 Å². The number of piperidine rings is 1. The molecule has 2 rings (SSSR count). The van der Waals surface area contributed by atoms with E-state index in [4.69, 9.17) is 0 Å². The molecule has 4 nitrogen and oxygen atoms in total. The number of halogens is 3. The van der Waals surface area contributed by atoms with Gasteiger partial charge in [-0.25, -0.2) is 4.98 Å². The number of aromatic nitrogens is 3. The van der Waals surface area contributed by atoms with E-state index in [0.717, 1.165) is 0 Å². The summed E-state index contributed by atoms with van der Waals surface area (Å²) >= 11 is 0. The van der Waals surface area contributed by atoms with Crippen LogP contribution in [-0.2, 0) is 13.5 Å². The van der Waals surface area contributed by atoms with Crippen molar-refractivity contribution in [3.05, 3.63) is 12.2 Å². The Morgan fingerprint density at radius 1 is 1.53 bits per heavy atom. The van der Waals surface area contributed by atoms with E-state index in [2.05, 4.69) is 15.4 Å². The van der Waals surface area contributed by atoms with Crippen LogP contribution >= 0.6 is 0 Å². The van der Waals surface area contributed by atoms with Crippen LogP contribution in [0.25, 0.3) is 0 Å². The quantitative estimate of drug-likeness (QED) is 0.857. The molecule has 2 atom stereocenters. The molecule has 0 spiro atoms. The zero-order chi connectivity index (χ0) is 12.5. The second-order valence-corrected chi connectivity index (χ2v) is 4.42. The van der Waals surface area contributed by atoms with Crippen molar-refractivity contribution >= 4 is 0 Å². The number of hydrogen-bond donors (Lipinski definition) is 1. The first-order valence-corrected chi connectivity index (χ1v) is 5.60. The second kappa shape index (κ2) is 4.64. The molecule has 1 aromatic heterocycles. The molecule has 96 valence electrons. The molecule has 0 amide bonds. The monoisotopic (exact) mass is 248 g/mol. The largest absolute Gasteiger partial charge is 0.391 e. The van der Waals surface area contributed by atoms with Gasteiger partial charge >= 0.3 is 6.18 Å². The van der Waals surface area contributed by atoms with Crippen LogP contribution in [0.1, 0.15) is 18.7 Å². The maximum Gasteiger partial charge on any atom is 0.391 e. The number of aryl methyl sites for hydroxylation is 1. The van der Waals surface area contributed by atoms with Crippen molar-refractivity contribution in [2.45, 2.75) is 31.5 Å². The molecule has 0 aromatic carbocycles. The fourth-order valence-corrected chi connectivity index (χ4v) is 2.18. The number of rotatable bonds is 2. The minimum Gasteiger partial charge on any atom is -0.313 e. The molecule has 1 fully saturated rings. The molecule has 2 unspecified atom stereocenters. The van der Waals surface area contributed by atoms with Crippen molar-refractivity contribution in [3.63, 3.8) is 0 Å². The number of nitrogens with zero attached hydrogens (tertiary/aromatic N) is 3. The molecule has 2 heterocycles. The minimum atomic E-state index is -4.08. The van der Waals surface area contributed by atoms with Crippen molar-refractivity contribution in [1.82, 2.24) is 20.1 Å². The third-order valence-corrected chi connectivity index (χ3v) is 3.19. The zero-order valence-electron chi connectivity index (χ0n) is 9.54. The van der Waals surface area contributed by atoms with Gasteiger partial charge in [0.05, 0.1) is 5.92 Å². The number of hydrogen-bond acceptors (Lipinski definition) is 3. The highest BCUT2D eigenvalue weighted by atomic mass is 19.4. The highest BCUT2D eigenvalue weighted by molar-refractivity contribution is 4.92. The summed E-state index contributed by atoms with van der Waals surface area (Å²) in [6.45, 7) is 0.409. The van der Waals surface area contributed by atoms with Crippen molar-refractivity contribution in [2.75, 3.05) is 6.54 Å². The van der Waals surface area contributed by atoms with Crippen molar-refractivity contribution in [1.29, 1.82) is 0 Å². The van der Waals surface area contributed by atoms with Crippen LogP contribution < -0.4 is 5.32 Å². The molecule has 1 aliphatic rings. The van der Waals surface area contributed by atoms with E-state index >= 15 is 0 Å². The molecule has 17 heavy (non-hydrogen) atoms. The van der Waals surface area contributed by atoms with E-state index in [0.29, 0.717) is 18.8 Å². The van der Waals surface area contributed by atoms with Gasteiger partial charge in [-0.05, 0) is 19.4 Å². The Morgan fingerprint density at radius 2 is 2.29 bits per heavy atom. The lowest BCUT2D eigenvalue weighted by Crippen LogP contribution is -2.44. The van der Waals surface area contributed by atoms with Crippen molar-refractivity contribution in [2.24, 2.45) is 13.0 Å². The van der Waals surface area contributed by atoms with Gasteiger partial charge in [0.2, 0.25) is 0 Å². The van der Waals surface area contributed by atoms with Crippen LogP contribution in [0.5, 0.6) is 0 Å². The van der Waals surface area contributed by atoms with Crippen LogP contribution in [0.4, 0.5) is 13.2 Å². The molecule has 1 N–H and O–H groups in total. The SMILES string of the molecule is Cn1ncnc1CC1CC(C(F)(F)F)CCN1. The minimum absolute atomic E-state index is 0.121. The maximum absolute atomic E-state index is 12.6. The van der Waals surface area contributed by atoms with E-state index in [1.165, 1.54) is 6.33 Å². The third-order valence-electron chi connectivity index (χ3n) is 3.19. The molecular weight excluding hydrogens is 233 g/mol. The van der Waals surface area contributed by atoms with E-state index < -0.39 is 12.1 Å². The van der Waals surface area contributed by atoms with Gasteiger partial charge in [-0.1, -0.05) is 0 Å². The van der Waals surface area contributed by atoms with Gasteiger partial charge in [-0.15, -0.1) is 0 Å². The standard InChI is InChI=1S/C10H15F3N4/c1-17-9(15-6-16-17)5-8-4-7(2-3-14-8)10(11,12)13/h6-8,14H,2-5H2,1H3. The molecule has 1 aliphatic heterocycles. The summed E-state index contributed by atoms with van der Waals surface area (Å²) < 4.78 is 39.4. The zero-order valence-corrected chi connectivity index (χ0v) is 9.54. The van der Waals surface area contributed by atoms with Crippen LogP contribution in [0.2, 0.25) is 0 Å². The molecule has 0 saturated carbocycles. The van der Waals surface area contributed by atoms with Gasteiger partial charge < -0.3 is 5.32 Å². The lowest BCUT2D eigenvalue weighted by Gasteiger charge is -2.31. The van der Waals surface area contributed by atoms with Gasteiger partial charge in [0, 0.05) is 19.5 Å². The van der Waals surface area contributed by atoms with E-state index in [1.807, 2.05) is 0 Å². The Labute approximate surface area is 97.2 Å². The van der Waals surface area contributed by atoms with Crippen LogP contribution in [-0.4, -0.2) is 33.5 Å². The highest BCUT2D eigenvalue weighted by Gasteiger charge is 2.42. The van der Waals surface area contributed by atoms with Crippen molar-refractivity contribution in [3.8, 4) is 0 Å². The van der Waals surface area contributed by atoms with Crippen LogP contribution in [0, 0.1) is 5.92 Å². The molecule has 7 heteroatoms. The summed E-state index contributed by atoms with van der Waals surface area (Å²) in [6.07, 6.45) is -1.89. The average Bonchev–Trinajstić information content (AvgIpc) is 2.64. The van der Waals surface area contributed by atoms with Gasteiger partial charge in [0.1, 0.15) is 12.2 Å². The lowest BCUT2D eigenvalue weighted by atomic mass is 9.90. The second-order valence-electron chi connectivity index (χ2n) is 4.42. The number of alkyl halides is 3. The molecule has 0 bridgehead atoms. The Balaban J connectivity index is 1.96. The summed E-state index contributed by atoms with van der Waals surface area (Å²) in [5.74, 6) is -0.479. The molecule has 1 aromatic rings. The predicted molar refractivity (Wildman–Crippen MR) is 55.3 cm³/mol. The molecular formula is C10H15F3N4. The normalized spacial score (nSPS) is 26.1. The first-order valence-electron chi connectivity index (χ1n) is 5.60. The van der Waals surface area contributed by atoms with Gasteiger partial charge in [-0.2, -0.15) is 18.3 Å². The summed E-state index contributed by atoms with van der Waals surface area (Å²) in [5, 5.41) is 7.01. The Morgan fingerprint density at radius 3 is 2.88 bits per heavy atom. The van der Waals surface area contributed by atoms with Crippen molar-refractivity contribution < 1.29 is 13.2 Å². The predicted octanol–water partition coefficient (Wildman–Crippen LogP) is 1.29. The molecule has 0 aliphatic carbocycles. The topological polar surface area (TPSA) is 42.7 Å². The summed E-state index contributed by atoms with van der Waals surface area (Å²) in [6, 6.07) is -0.168. The third kappa shape index (κ3) is 2.96. The van der Waals surface area contributed by atoms with E-state index in [9.17, 15) is 13.2 Å². The Bertz CT molecular complexity index is 374. The Hall–Kier alpha value is -1.11. The van der Waals surface area contributed by atoms with E-state index in [1.54, 1.807) is 11.7 Å². The van der Waals surface area contributed by atoms with Gasteiger partial charge in [0.25, 0.3) is 0 Å². The molecule has 0 radical (unpaired) electrons. The van der Waals surface area contributed by atoms with E-state index in [-0.39, 0.29) is 18.9 Å². The smallest absolute Gasteiger partial charge is 0.313 e. The van der Waals surface area contributed by atoms with Gasteiger partial charge in [-0.3, -0.25) is 4.68 Å². The summed E-state index contributed by atoms with van der Waals surface area (Å²) in [4.78, 5) is 4.03. The summed E-state index contributed by atoms with van der Waals surface area (Å²) in [7, 11) is 1.74. The molecule has 1 saturated heterocycles. The Kier molecular flexibility index (Phi) is 3.37. The first kappa shape index (κ1) is 12.3. The number of nitrogens with one attached hydrogen (secondary N) is 1. The lowest BCUT2D eigenvalue weighted by molar-refractivity contribution is -0.183.